The summed E-state index contributed by atoms with van der Waals surface area (Å²) < 4.78 is 32.5. The molecule has 2 rings (SSSR count). The second kappa shape index (κ2) is 5.68. The van der Waals surface area contributed by atoms with Gasteiger partial charge in [-0.3, -0.25) is 10.1 Å². The maximum atomic E-state index is 13.7. The van der Waals surface area contributed by atoms with Crippen LogP contribution in [-0.4, -0.2) is 11.0 Å². The van der Waals surface area contributed by atoms with Crippen molar-refractivity contribution in [2.45, 2.75) is 19.4 Å². The van der Waals surface area contributed by atoms with E-state index in [2.05, 4.69) is 5.32 Å². The van der Waals surface area contributed by atoms with E-state index < -0.39 is 22.2 Å². The number of hydrogen-bond donors (Lipinski definition) is 1. The van der Waals surface area contributed by atoms with E-state index in [1.54, 1.807) is 19.1 Å². The molecule has 1 heterocycles. The zero-order valence-electron chi connectivity index (χ0n) is 10.6. The van der Waals surface area contributed by atoms with E-state index >= 15 is 0 Å². The molecule has 0 saturated heterocycles. The molecule has 0 radical (unpaired) electrons. The standard InChI is InChI=1S/C13H12F2N2O3/c1-8(5-10-3-2-4-20-10)16-13-11(14)6-9(17(18)19)7-12(13)15/h2-4,6-8,16H,5H2,1H3. The number of nitrogens with zero attached hydrogens (tertiary/aromatic N) is 1. The Morgan fingerprint density at radius 2 is 2.05 bits per heavy atom. The molecule has 2 aromatic rings. The highest BCUT2D eigenvalue weighted by molar-refractivity contribution is 5.52. The van der Waals surface area contributed by atoms with E-state index in [9.17, 15) is 18.9 Å². The Morgan fingerprint density at radius 1 is 1.40 bits per heavy atom. The monoisotopic (exact) mass is 282 g/mol. The van der Waals surface area contributed by atoms with Crippen molar-refractivity contribution in [2.75, 3.05) is 5.32 Å². The van der Waals surface area contributed by atoms with Crippen LogP contribution >= 0.6 is 0 Å². The predicted octanol–water partition coefficient (Wildman–Crippen LogP) is 3.51. The number of rotatable bonds is 5. The lowest BCUT2D eigenvalue weighted by Gasteiger charge is -2.15. The molecule has 5 nitrogen and oxygen atoms in total. The van der Waals surface area contributed by atoms with Gasteiger partial charge in [0.15, 0.2) is 11.6 Å². The largest absolute Gasteiger partial charge is 0.469 e. The number of nitro groups is 1. The van der Waals surface area contributed by atoms with Crippen LogP contribution in [0.2, 0.25) is 0 Å². The zero-order valence-corrected chi connectivity index (χ0v) is 10.6. The van der Waals surface area contributed by atoms with E-state index in [4.69, 9.17) is 4.42 Å². The lowest BCUT2D eigenvalue weighted by molar-refractivity contribution is -0.385. The SMILES string of the molecule is CC(Cc1ccco1)Nc1c(F)cc([N+](=O)[O-])cc1F. The average molecular weight is 282 g/mol. The first-order valence-corrected chi connectivity index (χ1v) is 5.89. The van der Waals surface area contributed by atoms with Crippen molar-refractivity contribution < 1.29 is 18.1 Å². The van der Waals surface area contributed by atoms with Crippen molar-refractivity contribution in [3.63, 3.8) is 0 Å². The topological polar surface area (TPSA) is 68.3 Å². The molecular formula is C13H12F2N2O3. The van der Waals surface area contributed by atoms with Gasteiger partial charge >= 0.3 is 0 Å². The number of non-ortho nitro benzene ring substituents is 1. The second-order valence-electron chi connectivity index (χ2n) is 4.37. The van der Waals surface area contributed by atoms with Crippen LogP contribution in [0.25, 0.3) is 0 Å². The van der Waals surface area contributed by atoms with E-state index in [1.165, 1.54) is 6.26 Å². The van der Waals surface area contributed by atoms with Gasteiger partial charge in [0.1, 0.15) is 11.4 Å². The minimum absolute atomic E-state index is 0.299. The zero-order chi connectivity index (χ0) is 14.7. The molecule has 0 aliphatic rings. The summed E-state index contributed by atoms with van der Waals surface area (Å²) in [5.74, 6) is -1.32. The van der Waals surface area contributed by atoms with Gasteiger partial charge in [-0.05, 0) is 19.1 Å². The molecular weight excluding hydrogens is 270 g/mol. The van der Waals surface area contributed by atoms with Gasteiger partial charge in [-0.15, -0.1) is 0 Å². The van der Waals surface area contributed by atoms with Crippen LogP contribution in [0.5, 0.6) is 0 Å². The smallest absolute Gasteiger partial charge is 0.275 e. The minimum atomic E-state index is -0.997. The number of furan rings is 1. The summed E-state index contributed by atoms with van der Waals surface area (Å²) in [5.41, 5.74) is -1.00. The summed E-state index contributed by atoms with van der Waals surface area (Å²) in [6, 6.07) is 4.54. The Labute approximate surface area is 113 Å². The lowest BCUT2D eigenvalue weighted by atomic mass is 10.1. The maximum absolute atomic E-state index is 13.7. The summed E-state index contributed by atoms with van der Waals surface area (Å²) >= 11 is 0. The highest BCUT2D eigenvalue weighted by Crippen LogP contribution is 2.25. The number of halogens is 2. The highest BCUT2D eigenvalue weighted by atomic mass is 19.1. The van der Waals surface area contributed by atoms with Crippen LogP contribution in [0.1, 0.15) is 12.7 Å². The van der Waals surface area contributed by atoms with Gasteiger partial charge in [0.25, 0.3) is 5.69 Å². The minimum Gasteiger partial charge on any atom is -0.469 e. The fraction of sp³-hybridized carbons (Fsp3) is 0.231. The van der Waals surface area contributed by atoms with Crippen molar-refractivity contribution in [3.05, 3.63) is 58.0 Å². The Hall–Kier alpha value is -2.44. The molecule has 1 atom stereocenters. The third-order valence-electron chi connectivity index (χ3n) is 2.72. The summed E-state index contributed by atoms with van der Waals surface area (Å²) in [7, 11) is 0. The fourth-order valence-corrected chi connectivity index (χ4v) is 1.83. The predicted molar refractivity (Wildman–Crippen MR) is 68.5 cm³/mol. The van der Waals surface area contributed by atoms with Crippen LogP contribution in [0.4, 0.5) is 20.2 Å². The van der Waals surface area contributed by atoms with Gasteiger partial charge in [-0.25, -0.2) is 8.78 Å². The van der Waals surface area contributed by atoms with Crippen molar-refractivity contribution in [1.29, 1.82) is 0 Å². The van der Waals surface area contributed by atoms with Crippen LogP contribution in [0.3, 0.4) is 0 Å². The van der Waals surface area contributed by atoms with Crippen LogP contribution in [0.15, 0.2) is 34.9 Å². The molecule has 0 fully saturated rings. The van der Waals surface area contributed by atoms with Crippen molar-refractivity contribution in [3.8, 4) is 0 Å². The quantitative estimate of drug-likeness (QED) is 0.673. The summed E-state index contributed by atoms with van der Waals surface area (Å²) in [5, 5.41) is 13.1. The molecule has 7 heteroatoms. The van der Waals surface area contributed by atoms with Crippen molar-refractivity contribution >= 4 is 11.4 Å². The Morgan fingerprint density at radius 3 is 2.55 bits per heavy atom. The number of nitrogens with one attached hydrogen (secondary N) is 1. The second-order valence-corrected chi connectivity index (χ2v) is 4.37. The molecule has 1 N–H and O–H groups in total. The van der Waals surface area contributed by atoms with E-state index in [-0.39, 0.29) is 11.7 Å². The molecule has 0 spiro atoms. The van der Waals surface area contributed by atoms with Gasteiger partial charge in [-0.1, -0.05) is 0 Å². The van der Waals surface area contributed by atoms with E-state index in [0.29, 0.717) is 24.3 Å². The summed E-state index contributed by atoms with van der Waals surface area (Å²) in [6.45, 7) is 1.73. The number of anilines is 1. The Bertz CT molecular complexity index is 591. The average Bonchev–Trinajstić information content (AvgIpc) is 2.86. The normalized spacial score (nSPS) is 12.2. The van der Waals surface area contributed by atoms with Gasteiger partial charge in [-0.2, -0.15) is 0 Å². The molecule has 1 aromatic heterocycles. The highest BCUT2D eigenvalue weighted by Gasteiger charge is 2.18. The maximum Gasteiger partial charge on any atom is 0.275 e. The number of hydrogen-bond acceptors (Lipinski definition) is 4. The van der Waals surface area contributed by atoms with Gasteiger partial charge in [0.05, 0.1) is 23.3 Å². The fourth-order valence-electron chi connectivity index (χ4n) is 1.83. The molecule has 0 saturated carbocycles. The summed E-state index contributed by atoms with van der Waals surface area (Å²) in [4.78, 5) is 9.64. The first-order chi connectivity index (χ1) is 9.47. The van der Waals surface area contributed by atoms with Gasteiger partial charge in [0, 0.05) is 12.5 Å². The van der Waals surface area contributed by atoms with Crippen LogP contribution in [-0.2, 0) is 6.42 Å². The molecule has 0 aliphatic carbocycles. The van der Waals surface area contributed by atoms with Crippen LogP contribution < -0.4 is 5.32 Å². The molecule has 1 unspecified atom stereocenters. The number of nitro benzene ring substituents is 1. The molecule has 20 heavy (non-hydrogen) atoms. The molecule has 0 aliphatic heterocycles. The van der Waals surface area contributed by atoms with Gasteiger partial charge in [0.2, 0.25) is 0 Å². The molecule has 106 valence electrons. The summed E-state index contributed by atoms with van der Waals surface area (Å²) in [6.07, 6.45) is 1.94. The third-order valence-corrected chi connectivity index (χ3v) is 2.72. The Kier molecular flexibility index (Phi) is 3.97. The van der Waals surface area contributed by atoms with Crippen LogP contribution in [0, 0.1) is 21.7 Å². The lowest BCUT2D eigenvalue weighted by Crippen LogP contribution is -2.19. The van der Waals surface area contributed by atoms with E-state index in [1.807, 2.05) is 0 Å². The van der Waals surface area contributed by atoms with E-state index in [0.717, 1.165) is 0 Å². The first kappa shape index (κ1) is 14.0. The molecule has 0 amide bonds. The van der Waals surface area contributed by atoms with Crippen molar-refractivity contribution in [1.82, 2.24) is 0 Å². The first-order valence-electron chi connectivity index (χ1n) is 5.89. The molecule has 1 aromatic carbocycles. The van der Waals surface area contributed by atoms with Crippen molar-refractivity contribution in [2.24, 2.45) is 0 Å². The number of benzene rings is 1. The third kappa shape index (κ3) is 3.11. The Balaban J connectivity index is 2.14. The van der Waals surface area contributed by atoms with Gasteiger partial charge < -0.3 is 9.73 Å². The molecule has 0 bridgehead atoms.